The maximum absolute atomic E-state index is 12.5. The summed E-state index contributed by atoms with van der Waals surface area (Å²) in [5.74, 6) is 1.61. The van der Waals surface area contributed by atoms with E-state index in [1.54, 1.807) is 43.7 Å². The molecular weight excluding hydrogens is 358 g/mol. The van der Waals surface area contributed by atoms with Gasteiger partial charge in [0.2, 0.25) is 6.79 Å². The standard InChI is InChI=1S/C21H19N3O4/c1-14(28-17-4-5-18-19(11-17)27-13-26-18)21(25)24-12-16-3-2-8-23-20(16)15-6-9-22-10-7-15/h2-11,14H,12-13H2,1H3,(H,24,25)/t14-/m0/s1. The van der Waals surface area contributed by atoms with Crippen LogP contribution in [0.5, 0.6) is 17.2 Å². The minimum atomic E-state index is -0.665. The summed E-state index contributed by atoms with van der Waals surface area (Å²) in [6, 6.07) is 12.8. The minimum absolute atomic E-state index is 0.194. The van der Waals surface area contributed by atoms with E-state index in [2.05, 4.69) is 15.3 Å². The number of nitrogens with one attached hydrogen (secondary N) is 1. The number of fused-ring (bicyclic) bond motifs is 1. The molecule has 0 spiro atoms. The van der Waals surface area contributed by atoms with Gasteiger partial charge in [0.05, 0.1) is 5.69 Å². The molecule has 4 rings (SSSR count). The van der Waals surface area contributed by atoms with Crippen LogP contribution in [0.3, 0.4) is 0 Å². The number of ether oxygens (including phenoxy) is 3. The van der Waals surface area contributed by atoms with Gasteiger partial charge in [-0.2, -0.15) is 0 Å². The maximum atomic E-state index is 12.5. The van der Waals surface area contributed by atoms with Crippen LogP contribution < -0.4 is 19.5 Å². The zero-order valence-corrected chi connectivity index (χ0v) is 15.3. The molecule has 0 aliphatic carbocycles. The summed E-state index contributed by atoms with van der Waals surface area (Å²) in [6.07, 6.45) is 4.50. The van der Waals surface area contributed by atoms with Crippen LogP contribution in [0, 0.1) is 0 Å². The fraction of sp³-hybridized carbons (Fsp3) is 0.190. The molecule has 1 aromatic carbocycles. The summed E-state index contributed by atoms with van der Waals surface area (Å²) >= 11 is 0. The average molecular weight is 377 g/mol. The van der Waals surface area contributed by atoms with Crippen LogP contribution in [0.1, 0.15) is 12.5 Å². The minimum Gasteiger partial charge on any atom is -0.481 e. The molecule has 0 bridgehead atoms. The molecule has 142 valence electrons. The molecular formula is C21H19N3O4. The molecule has 0 radical (unpaired) electrons. The largest absolute Gasteiger partial charge is 0.481 e. The number of hydrogen-bond donors (Lipinski definition) is 1. The predicted octanol–water partition coefficient (Wildman–Crippen LogP) is 2.96. The lowest BCUT2D eigenvalue weighted by molar-refractivity contribution is -0.127. The highest BCUT2D eigenvalue weighted by Gasteiger charge is 2.18. The number of hydrogen-bond acceptors (Lipinski definition) is 6. The van der Waals surface area contributed by atoms with Crippen LogP contribution in [0.25, 0.3) is 11.3 Å². The summed E-state index contributed by atoms with van der Waals surface area (Å²) < 4.78 is 16.3. The van der Waals surface area contributed by atoms with Crippen molar-refractivity contribution in [3.63, 3.8) is 0 Å². The molecule has 28 heavy (non-hydrogen) atoms. The second-order valence-electron chi connectivity index (χ2n) is 6.24. The van der Waals surface area contributed by atoms with E-state index in [9.17, 15) is 4.79 Å². The fourth-order valence-electron chi connectivity index (χ4n) is 2.88. The summed E-state index contributed by atoms with van der Waals surface area (Å²) in [4.78, 5) is 20.9. The van der Waals surface area contributed by atoms with E-state index in [1.165, 1.54) is 0 Å². The summed E-state index contributed by atoms with van der Waals surface area (Å²) in [6.45, 7) is 2.24. The van der Waals surface area contributed by atoms with Gasteiger partial charge >= 0.3 is 0 Å². The lowest BCUT2D eigenvalue weighted by atomic mass is 10.1. The Balaban J connectivity index is 1.39. The molecule has 0 saturated carbocycles. The Morgan fingerprint density at radius 2 is 1.96 bits per heavy atom. The highest BCUT2D eigenvalue weighted by atomic mass is 16.7. The van der Waals surface area contributed by atoms with Crippen molar-refractivity contribution < 1.29 is 19.0 Å². The molecule has 2 aromatic heterocycles. The van der Waals surface area contributed by atoms with Crippen molar-refractivity contribution in [1.29, 1.82) is 0 Å². The van der Waals surface area contributed by atoms with E-state index in [-0.39, 0.29) is 12.7 Å². The third kappa shape index (κ3) is 3.88. The van der Waals surface area contributed by atoms with Gasteiger partial charge in [-0.1, -0.05) is 6.07 Å². The molecule has 1 aliphatic heterocycles. The van der Waals surface area contributed by atoms with E-state index in [1.807, 2.05) is 24.3 Å². The lowest BCUT2D eigenvalue weighted by Gasteiger charge is -2.16. The Hall–Kier alpha value is -3.61. The van der Waals surface area contributed by atoms with Gasteiger partial charge in [0.1, 0.15) is 5.75 Å². The second-order valence-corrected chi connectivity index (χ2v) is 6.24. The van der Waals surface area contributed by atoms with Gasteiger partial charge in [0.25, 0.3) is 5.91 Å². The van der Waals surface area contributed by atoms with Crippen LogP contribution in [0.2, 0.25) is 0 Å². The molecule has 0 saturated heterocycles. The van der Waals surface area contributed by atoms with Gasteiger partial charge < -0.3 is 19.5 Å². The molecule has 7 heteroatoms. The Labute approximate surface area is 162 Å². The van der Waals surface area contributed by atoms with E-state index in [0.717, 1.165) is 16.8 Å². The third-order valence-electron chi connectivity index (χ3n) is 4.32. The third-order valence-corrected chi connectivity index (χ3v) is 4.32. The molecule has 1 atom stereocenters. The Morgan fingerprint density at radius 3 is 2.82 bits per heavy atom. The summed E-state index contributed by atoms with van der Waals surface area (Å²) in [5.41, 5.74) is 2.68. The Morgan fingerprint density at radius 1 is 1.14 bits per heavy atom. The van der Waals surface area contributed by atoms with Crippen LogP contribution >= 0.6 is 0 Å². The van der Waals surface area contributed by atoms with Crippen LogP contribution in [0.4, 0.5) is 0 Å². The number of carbonyl (C=O) groups excluding carboxylic acids is 1. The number of nitrogens with zero attached hydrogens (tertiary/aromatic N) is 2. The molecule has 0 fully saturated rings. The Kier molecular flexibility index (Phi) is 5.05. The smallest absolute Gasteiger partial charge is 0.261 e. The van der Waals surface area contributed by atoms with Crippen LogP contribution in [0.15, 0.2) is 61.1 Å². The Bertz CT molecular complexity index is 978. The van der Waals surface area contributed by atoms with E-state index in [0.29, 0.717) is 23.8 Å². The first-order valence-corrected chi connectivity index (χ1v) is 8.89. The zero-order chi connectivity index (χ0) is 19.3. The number of carbonyl (C=O) groups is 1. The predicted molar refractivity (Wildman–Crippen MR) is 102 cm³/mol. The average Bonchev–Trinajstić information content (AvgIpc) is 3.20. The normalized spacial score (nSPS) is 13.0. The molecule has 1 amide bonds. The topological polar surface area (TPSA) is 82.6 Å². The molecule has 3 aromatic rings. The van der Waals surface area contributed by atoms with Gasteiger partial charge in [0, 0.05) is 36.8 Å². The van der Waals surface area contributed by atoms with Gasteiger partial charge in [-0.15, -0.1) is 0 Å². The van der Waals surface area contributed by atoms with Crippen molar-refractivity contribution in [1.82, 2.24) is 15.3 Å². The first-order valence-electron chi connectivity index (χ1n) is 8.89. The van der Waals surface area contributed by atoms with E-state index >= 15 is 0 Å². The maximum Gasteiger partial charge on any atom is 0.261 e. The molecule has 0 unspecified atom stereocenters. The SMILES string of the molecule is C[C@H](Oc1ccc2c(c1)OCO2)C(=O)NCc1cccnc1-c1ccncc1. The van der Waals surface area contributed by atoms with Gasteiger partial charge in [0.15, 0.2) is 17.6 Å². The fourth-order valence-corrected chi connectivity index (χ4v) is 2.88. The van der Waals surface area contributed by atoms with Gasteiger partial charge in [-0.3, -0.25) is 14.8 Å². The molecule has 1 aliphatic rings. The first kappa shape index (κ1) is 17.8. The van der Waals surface area contributed by atoms with Crippen LogP contribution in [-0.2, 0) is 11.3 Å². The number of rotatable bonds is 6. The van der Waals surface area contributed by atoms with E-state index in [4.69, 9.17) is 14.2 Å². The van der Waals surface area contributed by atoms with Crippen molar-refractivity contribution >= 4 is 5.91 Å². The summed E-state index contributed by atoms with van der Waals surface area (Å²) in [5, 5.41) is 2.91. The first-order chi connectivity index (χ1) is 13.7. The van der Waals surface area contributed by atoms with Crippen LogP contribution in [-0.4, -0.2) is 28.8 Å². The highest BCUT2D eigenvalue weighted by molar-refractivity contribution is 5.81. The van der Waals surface area contributed by atoms with Gasteiger partial charge in [-0.25, -0.2) is 0 Å². The van der Waals surface area contributed by atoms with E-state index < -0.39 is 6.10 Å². The van der Waals surface area contributed by atoms with Crippen molar-refractivity contribution in [3.05, 3.63) is 66.6 Å². The number of benzene rings is 1. The molecule has 7 nitrogen and oxygen atoms in total. The van der Waals surface area contributed by atoms with Crippen molar-refractivity contribution in [2.45, 2.75) is 19.6 Å². The molecule has 3 heterocycles. The highest BCUT2D eigenvalue weighted by Crippen LogP contribution is 2.35. The quantitative estimate of drug-likeness (QED) is 0.711. The summed E-state index contributed by atoms with van der Waals surface area (Å²) in [7, 11) is 0. The van der Waals surface area contributed by atoms with Gasteiger partial charge in [-0.05, 0) is 42.8 Å². The van der Waals surface area contributed by atoms with Crippen molar-refractivity contribution in [2.24, 2.45) is 0 Å². The lowest BCUT2D eigenvalue weighted by Crippen LogP contribution is -2.36. The number of pyridine rings is 2. The number of aromatic nitrogens is 2. The zero-order valence-electron chi connectivity index (χ0n) is 15.3. The van der Waals surface area contributed by atoms with Crippen molar-refractivity contribution in [2.75, 3.05) is 6.79 Å². The molecule has 1 N–H and O–H groups in total. The monoisotopic (exact) mass is 377 g/mol. The van der Waals surface area contributed by atoms with Crippen molar-refractivity contribution in [3.8, 4) is 28.5 Å². The number of amides is 1. The second kappa shape index (κ2) is 7.96.